The van der Waals surface area contributed by atoms with Crippen molar-refractivity contribution in [2.75, 3.05) is 4.90 Å². The van der Waals surface area contributed by atoms with E-state index in [1.54, 1.807) is 0 Å². The van der Waals surface area contributed by atoms with E-state index in [9.17, 15) is 0 Å². The maximum atomic E-state index is 6.39. The van der Waals surface area contributed by atoms with Crippen molar-refractivity contribution in [1.29, 1.82) is 0 Å². The highest BCUT2D eigenvalue weighted by atomic mass is 16.7. The minimum atomic E-state index is -0.138. The van der Waals surface area contributed by atoms with Crippen molar-refractivity contribution in [3.63, 3.8) is 0 Å². The number of hydrogen-bond acceptors (Lipinski definition) is 3. The second-order valence-electron chi connectivity index (χ2n) is 7.88. The van der Waals surface area contributed by atoms with Gasteiger partial charge in [-0.1, -0.05) is 48.0 Å². The van der Waals surface area contributed by atoms with Crippen molar-refractivity contribution in [2.24, 2.45) is 0 Å². The molecule has 132 valence electrons. The number of hydrogen-bond donors (Lipinski definition) is 0. The van der Waals surface area contributed by atoms with Crippen LogP contribution in [0.2, 0.25) is 0 Å². The Morgan fingerprint density at radius 1 is 0.920 bits per heavy atom. The summed E-state index contributed by atoms with van der Waals surface area (Å²) in [5, 5.41) is 2.10. The van der Waals surface area contributed by atoms with Gasteiger partial charge in [0, 0.05) is 5.69 Å². The minimum absolute atomic E-state index is 0.00574. The highest BCUT2D eigenvalue weighted by molar-refractivity contribution is 5.55. The van der Waals surface area contributed by atoms with Crippen LogP contribution in [0.25, 0.3) is 0 Å². The molecule has 0 amide bonds. The Kier molecular flexibility index (Phi) is 4.61. The van der Waals surface area contributed by atoms with Gasteiger partial charge in [0.2, 0.25) is 5.88 Å². The normalized spacial score (nSPS) is 18.4. The van der Waals surface area contributed by atoms with Crippen molar-refractivity contribution < 1.29 is 4.84 Å². The third kappa shape index (κ3) is 3.42. The van der Waals surface area contributed by atoms with E-state index < -0.39 is 0 Å². The van der Waals surface area contributed by atoms with Gasteiger partial charge in [-0.25, -0.2) is 0 Å². The molecule has 3 rings (SSSR count). The molecule has 2 aromatic carbocycles. The van der Waals surface area contributed by atoms with Crippen molar-refractivity contribution >= 4 is 5.69 Å². The number of benzene rings is 2. The first-order valence-electron chi connectivity index (χ1n) is 8.84. The molecular weight excluding hydrogens is 308 g/mol. The topological polar surface area (TPSA) is 15.7 Å². The number of aryl methyl sites for hydroxylation is 1. The quantitative estimate of drug-likeness (QED) is 0.689. The van der Waals surface area contributed by atoms with Crippen molar-refractivity contribution in [3.8, 4) is 0 Å². The van der Waals surface area contributed by atoms with Crippen LogP contribution in [0.15, 0.2) is 66.1 Å². The predicted octanol–water partition coefficient (Wildman–Crippen LogP) is 5.80. The minimum Gasteiger partial charge on any atom is -0.385 e. The fourth-order valence-corrected chi connectivity index (χ4v) is 3.11. The zero-order valence-electron chi connectivity index (χ0n) is 16.1. The Morgan fingerprint density at radius 3 is 2.04 bits per heavy atom. The molecule has 1 atom stereocenters. The summed E-state index contributed by atoms with van der Waals surface area (Å²) < 4.78 is 0. The van der Waals surface area contributed by atoms with E-state index in [0.717, 1.165) is 17.1 Å². The van der Waals surface area contributed by atoms with E-state index in [-0.39, 0.29) is 11.7 Å². The first-order chi connectivity index (χ1) is 11.8. The van der Waals surface area contributed by atoms with Crippen LogP contribution in [-0.2, 0) is 4.84 Å². The monoisotopic (exact) mass is 336 g/mol. The lowest BCUT2D eigenvalue weighted by Gasteiger charge is -2.35. The fourth-order valence-electron chi connectivity index (χ4n) is 3.11. The maximum Gasteiger partial charge on any atom is 0.219 e. The molecule has 0 radical (unpaired) electrons. The Hall–Kier alpha value is -2.26. The summed E-state index contributed by atoms with van der Waals surface area (Å²) in [5.41, 5.74) is 4.64. The van der Waals surface area contributed by atoms with Crippen molar-refractivity contribution in [2.45, 2.75) is 53.2 Å². The Labute approximate surface area is 151 Å². The summed E-state index contributed by atoms with van der Waals surface area (Å²) in [5.74, 6) is 0.910. The number of anilines is 1. The highest BCUT2D eigenvalue weighted by Crippen LogP contribution is 2.44. The molecule has 3 nitrogen and oxygen atoms in total. The van der Waals surface area contributed by atoms with Crippen LogP contribution in [0.3, 0.4) is 0 Å². The molecule has 25 heavy (non-hydrogen) atoms. The summed E-state index contributed by atoms with van der Waals surface area (Å²) >= 11 is 0. The molecular formula is C22H28N2O. The van der Waals surface area contributed by atoms with Gasteiger partial charge in [-0.05, 0) is 64.8 Å². The van der Waals surface area contributed by atoms with Gasteiger partial charge >= 0.3 is 0 Å². The summed E-state index contributed by atoms with van der Waals surface area (Å²) in [7, 11) is 0. The standard InChI is InChI=1S/C22H28N2O/c1-16(2)21-23(19-14-12-17(3)13-15-19)20(18-10-8-7-9-11-18)24(25-21)22(4,5)6/h7-15,20H,1-6H3. The molecule has 0 N–H and O–H groups in total. The van der Waals surface area contributed by atoms with Crippen LogP contribution in [0, 0.1) is 6.92 Å². The molecule has 0 aromatic heterocycles. The second kappa shape index (κ2) is 6.57. The van der Waals surface area contributed by atoms with Crippen LogP contribution in [0.1, 0.15) is 51.9 Å². The maximum absolute atomic E-state index is 6.39. The molecule has 1 heterocycles. The van der Waals surface area contributed by atoms with Gasteiger partial charge in [-0.3, -0.25) is 4.90 Å². The summed E-state index contributed by atoms with van der Waals surface area (Å²) in [6.07, 6.45) is -0.00574. The molecule has 1 aliphatic heterocycles. The number of allylic oxidation sites excluding steroid dienone is 1. The zero-order valence-corrected chi connectivity index (χ0v) is 16.1. The highest BCUT2D eigenvalue weighted by Gasteiger charge is 2.45. The Bertz CT molecular complexity index is 753. The SMILES string of the molecule is CC(C)=C1ON(C(C)(C)C)C(c2ccccc2)N1c1ccc(C)cc1. The average Bonchev–Trinajstić information content (AvgIpc) is 2.97. The van der Waals surface area contributed by atoms with Crippen LogP contribution >= 0.6 is 0 Å². The van der Waals surface area contributed by atoms with E-state index >= 15 is 0 Å². The van der Waals surface area contributed by atoms with Crippen LogP contribution in [-0.4, -0.2) is 10.6 Å². The molecule has 0 bridgehead atoms. The first-order valence-corrected chi connectivity index (χ1v) is 8.84. The lowest BCUT2D eigenvalue weighted by Crippen LogP contribution is -2.42. The molecule has 0 aliphatic carbocycles. The largest absolute Gasteiger partial charge is 0.385 e. The van der Waals surface area contributed by atoms with E-state index in [4.69, 9.17) is 4.84 Å². The van der Waals surface area contributed by atoms with Gasteiger partial charge in [0.15, 0.2) is 0 Å². The molecule has 2 aromatic rings. The lowest BCUT2D eigenvalue weighted by molar-refractivity contribution is -0.169. The van der Waals surface area contributed by atoms with E-state index in [2.05, 4.69) is 106 Å². The van der Waals surface area contributed by atoms with Crippen LogP contribution in [0.5, 0.6) is 0 Å². The fraction of sp³-hybridized carbons (Fsp3) is 0.364. The first kappa shape index (κ1) is 17.6. The average molecular weight is 336 g/mol. The lowest BCUT2D eigenvalue weighted by atomic mass is 10.0. The predicted molar refractivity (Wildman–Crippen MR) is 104 cm³/mol. The number of hydroxylamine groups is 2. The number of rotatable bonds is 2. The molecule has 3 heteroatoms. The Balaban J connectivity index is 2.18. The van der Waals surface area contributed by atoms with Gasteiger partial charge in [-0.2, -0.15) is 0 Å². The number of nitrogens with zero attached hydrogens (tertiary/aromatic N) is 2. The Morgan fingerprint density at radius 2 is 1.52 bits per heavy atom. The zero-order chi connectivity index (χ0) is 18.2. The van der Waals surface area contributed by atoms with Crippen LogP contribution in [0.4, 0.5) is 5.69 Å². The molecule has 0 spiro atoms. The van der Waals surface area contributed by atoms with Gasteiger partial charge in [0.25, 0.3) is 0 Å². The van der Waals surface area contributed by atoms with Gasteiger partial charge < -0.3 is 4.84 Å². The van der Waals surface area contributed by atoms with Crippen molar-refractivity contribution in [1.82, 2.24) is 5.06 Å². The molecule has 1 aliphatic rings. The molecule has 1 fully saturated rings. The smallest absolute Gasteiger partial charge is 0.219 e. The van der Waals surface area contributed by atoms with E-state index in [1.165, 1.54) is 11.1 Å². The summed E-state index contributed by atoms with van der Waals surface area (Å²) in [4.78, 5) is 8.69. The molecule has 1 saturated heterocycles. The molecule has 0 saturated carbocycles. The third-order valence-corrected chi connectivity index (χ3v) is 4.37. The van der Waals surface area contributed by atoms with E-state index in [0.29, 0.717) is 0 Å². The van der Waals surface area contributed by atoms with Gasteiger partial charge in [0.05, 0.1) is 5.54 Å². The van der Waals surface area contributed by atoms with E-state index in [1.807, 2.05) is 0 Å². The molecule has 1 unspecified atom stereocenters. The summed E-state index contributed by atoms with van der Waals surface area (Å²) in [6.45, 7) is 12.9. The second-order valence-corrected chi connectivity index (χ2v) is 7.88. The van der Waals surface area contributed by atoms with Gasteiger partial charge in [0.1, 0.15) is 6.17 Å². The van der Waals surface area contributed by atoms with Crippen LogP contribution < -0.4 is 4.90 Å². The van der Waals surface area contributed by atoms with Crippen molar-refractivity contribution in [3.05, 3.63) is 77.2 Å². The third-order valence-electron chi connectivity index (χ3n) is 4.37. The van der Waals surface area contributed by atoms with Gasteiger partial charge in [-0.15, -0.1) is 5.06 Å². The summed E-state index contributed by atoms with van der Waals surface area (Å²) in [6, 6.07) is 19.2.